The minimum Gasteiger partial charge on any atom is -0.371 e. The van der Waals surface area contributed by atoms with Gasteiger partial charge in [-0.3, -0.25) is 0 Å². The van der Waals surface area contributed by atoms with Gasteiger partial charge >= 0.3 is 0 Å². The monoisotopic (exact) mass is 265 g/mol. The average molecular weight is 265 g/mol. The van der Waals surface area contributed by atoms with Crippen LogP contribution in [0, 0.1) is 11.3 Å². The van der Waals surface area contributed by atoms with Gasteiger partial charge in [-0.2, -0.15) is 5.26 Å². The molecule has 2 atom stereocenters. The molecule has 4 heteroatoms. The van der Waals surface area contributed by atoms with Crippen LogP contribution in [0.5, 0.6) is 0 Å². The summed E-state index contributed by atoms with van der Waals surface area (Å²) in [7, 11) is 0. The number of morpholine rings is 1. The molecule has 2 aliphatic heterocycles. The minimum atomic E-state index is 0.300. The lowest BCUT2D eigenvalue weighted by Crippen LogP contribution is -2.43. The fraction of sp³-hybridized carbons (Fsp3) is 0.375. The zero-order valence-electron chi connectivity index (χ0n) is 11.1. The summed E-state index contributed by atoms with van der Waals surface area (Å²) in [5.74, 6) is 0.811. The Balaban J connectivity index is 1.80. The van der Waals surface area contributed by atoms with E-state index in [9.17, 15) is 5.26 Å². The van der Waals surface area contributed by atoms with Crippen molar-refractivity contribution in [3.63, 3.8) is 0 Å². The molecule has 2 unspecified atom stereocenters. The molecular weight excluding hydrogens is 250 g/mol. The van der Waals surface area contributed by atoms with Gasteiger partial charge < -0.3 is 9.64 Å². The van der Waals surface area contributed by atoms with Crippen molar-refractivity contribution in [2.45, 2.75) is 25.0 Å². The van der Waals surface area contributed by atoms with Crippen LogP contribution in [0.1, 0.15) is 18.4 Å². The fourth-order valence-electron chi connectivity index (χ4n) is 3.22. The number of fused-ring (bicyclic) bond motifs is 3. The molecule has 1 aromatic heterocycles. The van der Waals surface area contributed by atoms with E-state index in [-0.39, 0.29) is 0 Å². The van der Waals surface area contributed by atoms with Crippen LogP contribution in [0.15, 0.2) is 30.3 Å². The first kappa shape index (κ1) is 11.7. The predicted molar refractivity (Wildman–Crippen MR) is 76.6 cm³/mol. The average Bonchev–Trinajstić information content (AvgIpc) is 2.84. The van der Waals surface area contributed by atoms with Crippen molar-refractivity contribution in [2.75, 3.05) is 18.0 Å². The molecule has 20 heavy (non-hydrogen) atoms. The van der Waals surface area contributed by atoms with Gasteiger partial charge in [-0.15, -0.1) is 0 Å². The molecule has 2 saturated heterocycles. The van der Waals surface area contributed by atoms with Crippen molar-refractivity contribution in [1.82, 2.24) is 4.98 Å². The maximum atomic E-state index is 9.41. The number of hydrogen-bond acceptors (Lipinski definition) is 4. The Labute approximate surface area is 117 Å². The van der Waals surface area contributed by atoms with E-state index in [1.807, 2.05) is 30.3 Å². The van der Waals surface area contributed by atoms with Gasteiger partial charge in [0, 0.05) is 18.5 Å². The first-order chi connectivity index (χ1) is 9.83. The first-order valence-corrected chi connectivity index (χ1v) is 7.04. The molecule has 0 radical (unpaired) electrons. The molecule has 100 valence electrons. The smallest absolute Gasteiger partial charge is 0.147 e. The third-order valence-corrected chi connectivity index (χ3v) is 4.17. The molecule has 0 N–H and O–H groups in total. The largest absolute Gasteiger partial charge is 0.371 e. The minimum absolute atomic E-state index is 0.300. The third kappa shape index (κ3) is 1.83. The van der Waals surface area contributed by atoms with Gasteiger partial charge in [-0.25, -0.2) is 4.98 Å². The molecule has 4 nitrogen and oxygen atoms in total. The molecule has 2 aromatic rings. The zero-order valence-corrected chi connectivity index (χ0v) is 11.1. The number of anilines is 1. The van der Waals surface area contributed by atoms with Crippen LogP contribution in [0.2, 0.25) is 0 Å². The summed E-state index contributed by atoms with van der Waals surface area (Å²) in [5, 5.41) is 10.4. The number of para-hydroxylation sites is 1. The Bertz CT molecular complexity index is 694. The fourth-order valence-corrected chi connectivity index (χ4v) is 3.22. The molecular formula is C16H15N3O. The molecule has 0 spiro atoms. The number of hydrogen-bond donors (Lipinski definition) is 0. The van der Waals surface area contributed by atoms with Crippen LogP contribution >= 0.6 is 0 Å². The lowest BCUT2D eigenvalue weighted by atomic mass is 10.1. The maximum absolute atomic E-state index is 9.41. The Morgan fingerprint density at radius 3 is 2.70 bits per heavy atom. The summed E-state index contributed by atoms with van der Waals surface area (Å²) < 4.78 is 5.86. The number of nitrogens with zero attached hydrogens (tertiary/aromatic N) is 3. The second kappa shape index (κ2) is 4.46. The highest BCUT2D eigenvalue weighted by Gasteiger charge is 2.35. The van der Waals surface area contributed by atoms with Gasteiger partial charge in [0.15, 0.2) is 0 Å². The molecule has 0 saturated carbocycles. The van der Waals surface area contributed by atoms with Gasteiger partial charge in [0.2, 0.25) is 0 Å². The van der Waals surface area contributed by atoms with Gasteiger partial charge in [0.05, 0.1) is 23.3 Å². The number of aromatic nitrogens is 1. The van der Waals surface area contributed by atoms with Crippen LogP contribution in [0.25, 0.3) is 10.9 Å². The highest BCUT2D eigenvalue weighted by Crippen LogP contribution is 2.31. The van der Waals surface area contributed by atoms with E-state index in [1.54, 1.807) is 0 Å². The predicted octanol–water partition coefficient (Wildman–Crippen LogP) is 2.47. The molecule has 0 amide bonds. The highest BCUT2D eigenvalue weighted by atomic mass is 16.5. The van der Waals surface area contributed by atoms with Crippen molar-refractivity contribution in [2.24, 2.45) is 0 Å². The molecule has 4 rings (SSSR count). The standard InChI is InChI=1S/C16H15N3O/c17-8-12-7-11-3-1-2-4-15(11)18-16(12)19-9-13-5-6-14(10-19)20-13/h1-4,7,13-14H,5-6,9-10H2. The quantitative estimate of drug-likeness (QED) is 0.794. The van der Waals surface area contributed by atoms with Crippen LogP contribution < -0.4 is 4.90 Å². The SMILES string of the molecule is N#Cc1cc2ccccc2nc1N1CC2CCC(C1)O2. The van der Waals surface area contributed by atoms with E-state index < -0.39 is 0 Å². The molecule has 0 aliphatic carbocycles. The van der Waals surface area contributed by atoms with Gasteiger partial charge in [0.1, 0.15) is 11.9 Å². The van der Waals surface area contributed by atoms with Gasteiger partial charge in [-0.1, -0.05) is 18.2 Å². The summed E-state index contributed by atoms with van der Waals surface area (Å²) in [6.45, 7) is 1.69. The third-order valence-electron chi connectivity index (χ3n) is 4.17. The molecule has 2 fully saturated rings. The summed E-state index contributed by atoms with van der Waals surface area (Å²) in [6.07, 6.45) is 2.84. The first-order valence-electron chi connectivity index (χ1n) is 7.04. The summed E-state index contributed by atoms with van der Waals surface area (Å²) in [5.41, 5.74) is 1.60. The number of rotatable bonds is 1. The van der Waals surface area contributed by atoms with E-state index in [2.05, 4.69) is 11.0 Å². The maximum Gasteiger partial charge on any atom is 0.147 e. The molecule has 1 aromatic carbocycles. The molecule has 3 heterocycles. The zero-order chi connectivity index (χ0) is 13.5. The van der Waals surface area contributed by atoms with E-state index in [1.165, 1.54) is 0 Å². The van der Waals surface area contributed by atoms with Crippen molar-refractivity contribution in [1.29, 1.82) is 5.26 Å². The lowest BCUT2D eigenvalue weighted by molar-refractivity contribution is 0.0302. The Morgan fingerprint density at radius 2 is 1.95 bits per heavy atom. The number of nitriles is 1. The lowest BCUT2D eigenvalue weighted by Gasteiger charge is -2.33. The van der Waals surface area contributed by atoms with Crippen molar-refractivity contribution in [3.8, 4) is 6.07 Å². The van der Waals surface area contributed by atoms with E-state index in [4.69, 9.17) is 9.72 Å². The normalized spacial score (nSPS) is 24.9. The van der Waals surface area contributed by atoms with E-state index >= 15 is 0 Å². The number of ether oxygens (including phenoxy) is 1. The Hall–Kier alpha value is -2.12. The number of benzene rings is 1. The van der Waals surface area contributed by atoms with Crippen molar-refractivity contribution >= 4 is 16.7 Å². The topological polar surface area (TPSA) is 49.2 Å². The number of pyridine rings is 1. The van der Waals surface area contributed by atoms with Gasteiger partial charge in [-0.05, 0) is 25.0 Å². The van der Waals surface area contributed by atoms with Crippen LogP contribution in [-0.2, 0) is 4.74 Å². The molecule has 2 aliphatic rings. The Kier molecular flexibility index (Phi) is 2.61. The van der Waals surface area contributed by atoms with Crippen LogP contribution in [0.4, 0.5) is 5.82 Å². The summed E-state index contributed by atoms with van der Waals surface area (Å²) in [4.78, 5) is 6.93. The second-order valence-electron chi connectivity index (χ2n) is 5.53. The highest BCUT2D eigenvalue weighted by molar-refractivity contribution is 5.83. The van der Waals surface area contributed by atoms with E-state index in [0.717, 1.165) is 42.7 Å². The Morgan fingerprint density at radius 1 is 1.20 bits per heavy atom. The van der Waals surface area contributed by atoms with Crippen LogP contribution in [-0.4, -0.2) is 30.3 Å². The van der Waals surface area contributed by atoms with Crippen molar-refractivity contribution < 1.29 is 4.74 Å². The van der Waals surface area contributed by atoms with E-state index in [0.29, 0.717) is 17.8 Å². The summed E-state index contributed by atoms with van der Waals surface area (Å²) in [6, 6.07) is 12.2. The van der Waals surface area contributed by atoms with Crippen molar-refractivity contribution in [3.05, 3.63) is 35.9 Å². The van der Waals surface area contributed by atoms with Crippen LogP contribution in [0.3, 0.4) is 0 Å². The molecule has 2 bridgehead atoms. The summed E-state index contributed by atoms with van der Waals surface area (Å²) >= 11 is 0. The van der Waals surface area contributed by atoms with Gasteiger partial charge in [0.25, 0.3) is 0 Å². The second-order valence-corrected chi connectivity index (χ2v) is 5.53.